The Morgan fingerprint density at radius 1 is 1.34 bits per heavy atom. The van der Waals surface area contributed by atoms with E-state index in [0.29, 0.717) is 13.0 Å². The Morgan fingerprint density at radius 2 is 2.14 bits per heavy atom. The molecule has 2 atom stereocenters. The van der Waals surface area contributed by atoms with Crippen molar-refractivity contribution >= 4 is 11.8 Å². The molecule has 1 aromatic carbocycles. The van der Waals surface area contributed by atoms with Crippen molar-refractivity contribution in [1.82, 2.24) is 15.1 Å². The Balaban J connectivity index is 1.53. The van der Waals surface area contributed by atoms with Crippen LogP contribution in [0, 0.1) is 11.6 Å². The third-order valence-electron chi connectivity index (χ3n) is 5.51. The molecule has 1 saturated heterocycles. The molecule has 2 bridgehead atoms. The van der Waals surface area contributed by atoms with Gasteiger partial charge in [-0.3, -0.25) is 9.59 Å². The molecule has 3 heterocycles. The average molecular weight is 401 g/mol. The van der Waals surface area contributed by atoms with E-state index in [-0.39, 0.29) is 53.5 Å². The van der Waals surface area contributed by atoms with Crippen molar-refractivity contribution in [2.24, 2.45) is 0 Å². The number of allylic oxidation sites excluding steroid dienone is 1. The topological polar surface area (TPSA) is 72.9 Å². The van der Waals surface area contributed by atoms with Crippen LogP contribution in [0.4, 0.5) is 8.78 Å². The maximum Gasteiger partial charge on any atom is 0.274 e. The lowest BCUT2D eigenvalue weighted by Crippen LogP contribution is -2.55. The fourth-order valence-electron chi connectivity index (χ4n) is 3.92. The number of hydrogen-bond acceptors (Lipinski definition) is 4. The van der Waals surface area contributed by atoms with Gasteiger partial charge in [0.15, 0.2) is 0 Å². The number of nitrogens with zero attached hydrogens (tertiary/aromatic N) is 2. The highest BCUT2D eigenvalue weighted by Crippen LogP contribution is 2.34. The second-order valence-electron chi connectivity index (χ2n) is 7.47. The van der Waals surface area contributed by atoms with Crippen molar-refractivity contribution in [1.29, 1.82) is 0 Å². The first-order valence-electron chi connectivity index (χ1n) is 9.46. The molecule has 152 valence electrons. The third kappa shape index (κ3) is 3.50. The molecular weight excluding hydrogens is 380 g/mol. The summed E-state index contributed by atoms with van der Waals surface area (Å²) in [5.41, 5.74) is 0.637. The zero-order valence-electron chi connectivity index (χ0n) is 15.9. The zero-order chi connectivity index (χ0) is 20.7. The molecule has 3 aliphatic heterocycles. The maximum atomic E-state index is 13.8. The Labute approximate surface area is 166 Å². The SMILES string of the molecule is C[C@H]1C=CC[C@H]2CN1C(=O)C1=C(O)CC(C(=O)NCc3ccc(F)cc3F)=CN12. The van der Waals surface area contributed by atoms with Crippen LogP contribution in [0.25, 0.3) is 0 Å². The van der Waals surface area contributed by atoms with E-state index in [1.54, 1.807) is 16.0 Å². The largest absolute Gasteiger partial charge is 0.510 e. The summed E-state index contributed by atoms with van der Waals surface area (Å²) in [7, 11) is 0. The number of aliphatic hydroxyl groups is 1. The molecule has 0 aliphatic carbocycles. The van der Waals surface area contributed by atoms with E-state index < -0.39 is 17.5 Å². The maximum absolute atomic E-state index is 13.8. The van der Waals surface area contributed by atoms with Crippen LogP contribution < -0.4 is 5.32 Å². The molecule has 0 radical (unpaired) electrons. The number of amides is 2. The van der Waals surface area contributed by atoms with Gasteiger partial charge in [-0.2, -0.15) is 0 Å². The average Bonchev–Trinajstić information content (AvgIpc) is 2.85. The van der Waals surface area contributed by atoms with Crippen LogP contribution in [0.5, 0.6) is 0 Å². The molecule has 4 rings (SSSR count). The smallest absolute Gasteiger partial charge is 0.274 e. The Bertz CT molecular complexity index is 970. The summed E-state index contributed by atoms with van der Waals surface area (Å²) in [6.45, 7) is 2.31. The number of piperazine rings is 1. The zero-order valence-corrected chi connectivity index (χ0v) is 15.9. The fourth-order valence-corrected chi connectivity index (χ4v) is 3.92. The van der Waals surface area contributed by atoms with Gasteiger partial charge in [0.05, 0.1) is 6.04 Å². The van der Waals surface area contributed by atoms with E-state index >= 15 is 0 Å². The first-order chi connectivity index (χ1) is 13.8. The number of aliphatic hydroxyl groups excluding tert-OH is 1. The Kier molecular flexibility index (Phi) is 4.86. The summed E-state index contributed by atoms with van der Waals surface area (Å²) in [5.74, 6) is -2.33. The molecule has 1 aromatic rings. The lowest BCUT2D eigenvalue weighted by atomic mass is 9.99. The van der Waals surface area contributed by atoms with Gasteiger partial charge in [-0.25, -0.2) is 8.78 Å². The quantitative estimate of drug-likeness (QED) is 0.764. The van der Waals surface area contributed by atoms with Gasteiger partial charge < -0.3 is 20.2 Å². The highest BCUT2D eigenvalue weighted by molar-refractivity contribution is 5.98. The van der Waals surface area contributed by atoms with Crippen LogP contribution in [-0.4, -0.2) is 45.3 Å². The second-order valence-corrected chi connectivity index (χ2v) is 7.47. The molecule has 2 N–H and O–H groups in total. The molecule has 0 aromatic heterocycles. The minimum atomic E-state index is -0.742. The highest BCUT2D eigenvalue weighted by Gasteiger charge is 2.41. The van der Waals surface area contributed by atoms with Crippen molar-refractivity contribution in [2.75, 3.05) is 6.54 Å². The van der Waals surface area contributed by atoms with Gasteiger partial charge in [-0.05, 0) is 19.4 Å². The van der Waals surface area contributed by atoms with Gasteiger partial charge in [0, 0.05) is 49.0 Å². The molecule has 1 fully saturated rings. The number of rotatable bonds is 3. The van der Waals surface area contributed by atoms with Gasteiger partial charge in [0.25, 0.3) is 5.91 Å². The van der Waals surface area contributed by atoms with Crippen LogP contribution in [0.1, 0.15) is 25.3 Å². The molecule has 29 heavy (non-hydrogen) atoms. The summed E-state index contributed by atoms with van der Waals surface area (Å²) in [4.78, 5) is 28.8. The Morgan fingerprint density at radius 3 is 2.90 bits per heavy atom. The second kappa shape index (κ2) is 7.35. The molecule has 0 spiro atoms. The number of carbonyl (C=O) groups is 2. The van der Waals surface area contributed by atoms with Gasteiger partial charge in [-0.15, -0.1) is 0 Å². The van der Waals surface area contributed by atoms with Crippen LogP contribution in [0.2, 0.25) is 0 Å². The molecule has 0 unspecified atom stereocenters. The van der Waals surface area contributed by atoms with Gasteiger partial charge in [0.2, 0.25) is 5.91 Å². The number of benzene rings is 1. The van der Waals surface area contributed by atoms with Crippen LogP contribution >= 0.6 is 0 Å². The molecule has 3 aliphatic rings. The molecule has 2 amide bonds. The van der Waals surface area contributed by atoms with Gasteiger partial charge in [0.1, 0.15) is 23.1 Å². The van der Waals surface area contributed by atoms with Gasteiger partial charge in [-0.1, -0.05) is 18.2 Å². The summed E-state index contributed by atoms with van der Waals surface area (Å²) in [6, 6.07) is 3.01. The monoisotopic (exact) mass is 401 g/mol. The van der Waals surface area contributed by atoms with Crippen molar-refractivity contribution in [3.05, 3.63) is 70.8 Å². The van der Waals surface area contributed by atoms with Crippen molar-refractivity contribution < 1.29 is 23.5 Å². The molecule has 6 nitrogen and oxygen atoms in total. The highest BCUT2D eigenvalue weighted by atomic mass is 19.1. The van der Waals surface area contributed by atoms with Crippen molar-refractivity contribution in [2.45, 2.75) is 38.4 Å². The van der Waals surface area contributed by atoms with E-state index in [9.17, 15) is 23.5 Å². The van der Waals surface area contributed by atoms with E-state index in [2.05, 4.69) is 5.32 Å². The molecule has 8 heteroatoms. The van der Waals surface area contributed by atoms with Crippen LogP contribution in [-0.2, 0) is 16.1 Å². The minimum Gasteiger partial charge on any atom is -0.510 e. The lowest BCUT2D eigenvalue weighted by molar-refractivity contribution is -0.134. The lowest BCUT2D eigenvalue weighted by Gasteiger charge is -2.44. The van der Waals surface area contributed by atoms with Crippen molar-refractivity contribution in [3.8, 4) is 0 Å². The summed E-state index contributed by atoms with van der Waals surface area (Å²) < 4.78 is 26.8. The normalized spacial score (nSPS) is 23.6. The van der Waals surface area contributed by atoms with E-state index in [1.807, 2.05) is 19.1 Å². The predicted octanol–water partition coefficient (Wildman–Crippen LogP) is 2.50. The van der Waals surface area contributed by atoms with Crippen LogP contribution in [0.3, 0.4) is 0 Å². The Hall–Kier alpha value is -3.16. The fraction of sp³-hybridized carbons (Fsp3) is 0.333. The predicted molar refractivity (Wildman–Crippen MR) is 101 cm³/mol. The number of hydrogen-bond donors (Lipinski definition) is 2. The number of carbonyl (C=O) groups excluding carboxylic acids is 2. The summed E-state index contributed by atoms with van der Waals surface area (Å²) in [6.07, 6.45) is 6.15. The van der Waals surface area contributed by atoms with Crippen LogP contribution in [0.15, 0.2) is 53.6 Å². The first kappa shape index (κ1) is 19.2. The standard InChI is InChI=1S/C21H21F2N3O3/c1-12-3-2-4-16-11-25(12)21(29)19-18(27)7-14(10-26(16)19)20(28)24-9-13-5-6-15(22)8-17(13)23/h2-3,5-6,8,10,12,16,27H,4,7,9,11H2,1H3,(H,24,28)/t12-,16-/m0/s1. The van der Waals surface area contributed by atoms with Gasteiger partial charge >= 0.3 is 0 Å². The minimum absolute atomic E-state index is 0.0609. The number of halogens is 2. The number of fused-ring (bicyclic) bond motifs is 4. The first-order valence-corrected chi connectivity index (χ1v) is 9.46. The van der Waals surface area contributed by atoms with Crippen molar-refractivity contribution in [3.63, 3.8) is 0 Å². The molecular formula is C21H21F2N3O3. The summed E-state index contributed by atoms with van der Waals surface area (Å²) >= 11 is 0. The summed E-state index contributed by atoms with van der Waals surface area (Å²) in [5, 5.41) is 13.1. The number of nitrogens with one attached hydrogen (secondary N) is 1. The van der Waals surface area contributed by atoms with E-state index in [1.165, 1.54) is 6.07 Å². The van der Waals surface area contributed by atoms with E-state index in [0.717, 1.165) is 12.1 Å². The molecule has 0 saturated carbocycles. The van der Waals surface area contributed by atoms with E-state index in [4.69, 9.17) is 0 Å². The third-order valence-corrected chi connectivity index (χ3v) is 5.51.